The molecule has 0 rings (SSSR count). The third-order valence-electron chi connectivity index (χ3n) is 4.48. The first-order valence-corrected chi connectivity index (χ1v) is 10.3. The van der Waals surface area contributed by atoms with Crippen LogP contribution in [-0.4, -0.2) is 94.3 Å². The predicted molar refractivity (Wildman–Crippen MR) is 119 cm³/mol. The van der Waals surface area contributed by atoms with Gasteiger partial charge < -0.3 is 54.2 Å². The van der Waals surface area contributed by atoms with Crippen LogP contribution >= 0.6 is 0 Å². The summed E-state index contributed by atoms with van der Waals surface area (Å²) in [6, 6.07) is -5.67. The number of hydrogen-bond acceptors (Lipinski definition) is 9. The molecule has 4 amide bonds. The lowest BCUT2D eigenvalue weighted by Crippen LogP contribution is -2.60. The van der Waals surface area contributed by atoms with Crippen molar-refractivity contribution < 1.29 is 39.3 Å². The van der Waals surface area contributed by atoms with Gasteiger partial charge in [0, 0.05) is 13.0 Å². The molecule has 0 aromatic carbocycles. The summed E-state index contributed by atoms with van der Waals surface area (Å²) in [5, 5.41) is 34.7. The lowest BCUT2D eigenvalue weighted by atomic mass is 10.1. The van der Waals surface area contributed by atoms with Crippen LogP contribution in [-0.2, 0) is 24.0 Å². The molecule has 0 aromatic rings. The van der Waals surface area contributed by atoms with Crippen molar-refractivity contribution >= 4 is 35.6 Å². The summed E-state index contributed by atoms with van der Waals surface area (Å²) in [6.07, 6.45) is -1.54. The van der Waals surface area contributed by atoms with Gasteiger partial charge in [0.25, 0.3) is 0 Å². The second-order valence-corrected chi connectivity index (χ2v) is 7.43. The maximum Gasteiger partial charge on any atom is 0.328 e. The number of nitrogens with one attached hydrogen (secondary N) is 3. The van der Waals surface area contributed by atoms with Crippen molar-refractivity contribution in [1.29, 1.82) is 0 Å². The largest absolute Gasteiger partial charge is 0.480 e. The number of rotatable bonds is 16. The molecule has 0 aliphatic heterocycles. The monoisotopic (exact) mass is 490 g/mol. The van der Waals surface area contributed by atoms with Gasteiger partial charge in [-0.15, -0.1) is 0 Å². The summed E-state index contributed by atoms with van der Waals surface area (Å²) >= 11 is 0. The molecule has 0 saturated heterocycles. The van der Waals surface area contributed by atoms with Crippen molar-refractivity contribution in [2.45, 2.75) is 62.9 Å². The Hall–Kier alpha value is -3.50. The average Bonchev–Trinajstić information content (AvgIpc) is 2.74. The number of aliphatic imine (C=N–C) groups is 1. The van der Waals surface area contributed by atoms with Gasteiger partial charge in [0.15, 0.2) is 5.96 Å². The minimum atomic E-state index is -1.62. The van der Waals surface area contributed by atoms with Crippen LogP contribution in [0.4, 0.5) is 0 Å². The van der Waals surface area contributed by atoms with Gasteiger partial charge in [0.2, 0.25) is 23.6 Å². The van der Waals surface area contributed by atoms with Crippen molar-refractivity contribution in [2.24, 2.45) is 27.9 Å². The molecule has 0 fully saturated rings. The Labute approximate surface area is 195 Å². The van der Waals surface area contributed by atoms with E-state index in [-0.39, 0.29) is 38.2 Å². The smallest absolute Gasteiger partial charge is 0.328 e. The zero-order chi connectivity index (χ0) is 26.4. The van der Waals surface area contributed by atoms with Crippen LogP contribution in [0.25, 0.3) is 0 Å². The Morgan fingerprint density at radius 3 is 1.97 bits per heavy atom. The summed E-state index contributed by atoms with van der Waals surface area (Å²) in [6.45, 7) is 0.403. The normalized spacial score (nSPS) is 15.1. The van der Waals surface area contributed by atoms with Crippen molar-refractivity contribution in [3.8, 4) is 0 Å². The highest BCUT2D eigenvalue weighted by molar-refractivity contribution is 5.94. The van der Waals surface area contributed by atoms with Crippen molar-refractivity contribution in [3.05, 3.63) is 0 Å². The molecular formula is C18H34N8O8. The van der Waals surface area contributed by atoms with Crippen molar-refractivity contribution in [1.82, 2.24) is 16.0 Å². The fraction of sp³-hybridized carbons (Fsp3) is 0.667. The number of nitrogens with two attached hydrogens (primary N) is 4. The van der Waals surface area contributed by atoms with Crippen LogP contribution in [0.2, 0.25) is 0 Å². The van der Waals surface area contributed by atoms with Gasteiger partial charge in [-0.3, -0.25) is 24.2 Å². The van der Waals surface area contributed by atoms with Crippen LogP contribution in [0.3, 0.4) is 0 Å². The topological polar surface area (TPSA) is 299 Å². The number of carboxylic acid groups (broad SMARTS) is 1. The van der Waals surface area contributed by atoms with E-state index in [4.69, 9.17) is 33.1 Å². The Kier molecular flexibility index (Phi) is 13.8. The number of amides is 4. The van der Waals surface area contributed by atoms with E-state index in [0.717, 1.165) is 0 Å². The highest BCUT2D eigenvalue weighted by Gasteiger charge is 2.32. The summed E-state index contributed by atoms with van der Waals surface area (Å²) < 4.78 is 0. The molecule has 0 radical (unpaired) electrons. The van der Waals surface area contributed by atoms with Crippen LogP contribution < -0.4 is 38.9 Å². The third kappa shape index (κ3) is 11.9. The lowest BCUT2D eigenvalue weighted by molar-refractivity contribution is -0.143. The number of aliphatic carboxylic acids is 1. The number of carbonyl (C=O) groups excluding carboxylic acids is 4. The number of aliphatic hydroxyl groups excluding tert-OH is 2. The van der Waals surface area contributed by atoms with Crippen molar-refractivity contribution in [2.75, 3.05) is 13.2 Å². The average molecular weight is 491 g/mol. The van der Waals surface area contributed by atoms with E-state index in [1.807, 2.05) is 0 Å². The third-order valence-corrected chi connectivity index (χ3v) is 4.48. The number of hydrogen-bond donors (Lipinski definition) is 10. The van der Waals surface area contributed by atoms with E-state index in [1.165, 1.54) is 6.92 Å². The molecule has 5 unspecified atom stereocenters. The SMILES string of the molecule is CC(O)C(NC(=O)C(N)CCC(N)=O)C(=O)NC(CCCN=C(N)N)C(=O)NC(CO)C(=O)O. The zero-order valence-electron chi connectivity index (χ0n) is 18.8. The molecule has 14 N–H and O–H groups in total. The van der Waals surface area contributed by atoms with Crippen LogP contribution in [0, 0.1) is 0 Å². The Morgan fingerprint density at radius 1 is 0.912 bits per heavy atom. The Balaban J connectivity index is 5.42. The Morgan fingerprint density at radius 2 is 1.50 bits per heavy atom. The van der Waals surface area contributed by atoms with Crippen LogP contribution in [0.15, 0.2) is 4.99 Å². The predicted octanol–water partition coefficient (Wildman–Crippen LogP) is -5.46. The van der Waals surface area contributed by atoms with Gasteiger partial charge in [-0.2, -0.15) is 0 Å². The van der Waals surface area contributed by atoms with E-state index in [0.29, 0.717) is 0 Å². The quantitative estimate of drug-likeness (QED) is 0.0552. The summed E-state index contributed by atoms with van der Waals surface area (Å²) in [5.41, 5.74) is 21.1. The van der Waals surface area contributed by atoms with Gasteiger partial charge in [-0.05, 0) is 26.2 Å². The summed E-state index contributed by atoms with van der Waals surface area (Å²) in [4.78, 5) is 63.2. The number of carboxylic acids is 1. The van der Waals surface area contributed by atoms with E-state index >= 15 is 0 Å². The van der Waals surface area contributed by atoms with Gasteiger partial charge in [-0.1, -0.05) is 0 Å². The maximum absolute atomic E-state index is 12.7. The molecule has 194 valence electrons. The number of aliphatic hydroxyl groups is 2. The van der Waals surface area contributed by atoms with E-state index in [2.05, 4.69) is 20.9 Å². The van der Waals surface area contributed by atoms with E-state index in [1.54, 1.807) is 0 Å². The Bertz CT molecular complexity index is 756. The molecule has 0 spiro atoms. The molecule has 0 aliphatic carbocycles. The summed E-state index contributed by atoms with van der Waals surface area (Å²) in [7, 11) is 0. The highest BCUT2D eigenvalue weighted by Crippen LogP contribution is 2.04. The standard InChI is InChI=1S/C18H34N8O8/c1-8(28)13(26-14(30)9(19)4-5-12(20)29)16(32)24-10(3-2-6-23-18(21)22)15(31)25-11(7-27)17(33)34/h8-11,13,27-28H,2-7,19H2,1H3,(H2,20,29)(H,24,32)(H,25,31)(H,26,30)(H,33,34)(H4,21,22,23). The molecule has 0 aliphatic rings. The second kappa shape index (κ2) is 15.4. The van der Waals surface area contributed by atoms with Crippen LogP contribution in [0.5, 0.6) is 0 Å². The zero-order valence-corrected chi connectivity index (χ0v) is 18.8. The van der Waals surface area contributed by atoms with Gasteiger partial charge in [0.1, 0.15) is 18.1 Å². The van der Waals surface area contributed by atoms with Gasteiger partial charge in [-0.25, -0.2) is 4.79 Å². The summed E-state index contributed by atoms with van der Waals surface area (Å²) in [5.74, 6) is -5.12. The number of carbonyl (C=O) groups is 5. The number of nitrogens with zero attached hydrogens (tertiary/aromatic N) is 1. The molecule has 0 bridgehead atoms. The molecule has 0 saturated carbocycles. The molecule has 0 heterocycles. The van der Waals surface area contributed by atoms with Crippen molar-refractivity contribution in [3.63, 3.8) is 0 Å². The maximum atomic E-state index is 12.7. The molecule has 16 heteroatoms. The molecule has 5 atom stereocenters. The van der Waals surface area contributed by atoms with E-state index < -0.39 is 66.5 Å². The lowest BCUT2D eigenvalue weighted by Gasteiger charge is -2.26. The minimum absolute atomic E-state index is 0.0509. The molecule has 0 aromatic heterocycles. The fourth-order valence-corrected chi connectivity index (χ4v) is 2.59. The fourth-order valence-electron chi connectivity index (χ4n) is 2.59. The van der Waals surface area contributed by atoms with Crippen LogP contribution in [0.1, 0.15) is 32.6 Å². The second-order valence-electron chi connectivity index (χ2n) is 7.43. The minimum Gasteiger partial charge on any atom is -0.480 e. The molecular weight excluding hydrogens is 456 g/mol. The first-order valence-electron chi connectivity index (χ1n) is 10.3. The van der Waals surface area contributed by atoms with E-state index in [9.17, 15) is 29.1 Å². The first kappa shape index (κ1) is 30.5. The van der Waals surface area contributed by atoms with Gasteiger partial charge >= 0.3 is 5.97 Å². The highest BCUT2D eigenvalue weighted by atomic mass is 16.4. The molecule has 16 nitrogen and oxygen atoms in total. The first-order chi connectivity index (χ1) is 15.8. The van der Waals surface area contributed by atoms with Gasteiger partial charge in [0.05, 0.1) is 18.8 Å². The number of guanidine groups is 1. The molecule has 34 heavy (non-hydrogen) atoms. The number of primary amides is 1.